The van der Waals surface area contributed by atoms with E-state index in [1.807, 2.05) is 13.0 Å². The second-order valence-corrected chi connectivity index (χ2v) is 5.14. The highest BCUT2D eigenvalue weighted by atomic mass is 16.3. The summed E-state index contributed by atoms with van der Waals surface area (Å²) in [5.41, 5.74) is 7.64. The lowest BCUT2D eigenvalue weighted by atomic mass is 10.00. The summed E-state index contributed by atoms with van der Waals surface area (Å²) in [5.74, 6) is 0.0898. The highest BCUT2D eigenvalue weighted by molar-refractivity contribution is 6.00. The number of aryl methyl sites for hydroxylation is 1. The molecule has 0 aliphatic heterocycles. The van der Waals surface area contributed by atoms with Gasteiger partial charge in [-0.05, 0) is 24.6 Å². The zero-order chi connectivity index (χ0) is 15.7. The lowest BCUT2D eigenvalue weighted by Gasteiger charge is -2.15. The van der Waals surface area contributed by atoms with Gasteiger partial charge in [0.25, 0.3) is 5.56 Å². The number of benzene rings is 1. The largest absolute Gasteiger partial charge is 0.507 e. The Morgan fingerprint density at radius 1 is 1.23 bits per heavy atom. The maximum Gasteiger partial charge on any atom is 0.275 e. The van der Waals surface area contributed by atoms with Crippen LogP contribution in [0.3, 0.4) is 0 Å². The van der Waals surface area contributed by atoms with Gasteiger partial charge in [0.05, 0.1) is 0 Å². The SMILES string of the molecule is CCCn1c(=O)c(N)c(-c2ccccc2O)c2cccnc21. The molecule has 1 aromatic carbocycles. The molecule has 0 atom stereocenters. The Kier molecular flexibility index (Phi) is 3.55. The van der Waals surface area contributed by atoms with Gasteiger partial charge in [0.2, 0.25) is 0 Å². The van der Waals surface area contributed by atoms with Gasteiger partial charge in [-0.15, -0.1) is 0 Å². The van der Waals surface area contributed by atoms with Crippen molar-refractivity contribution in [3.63, 3.8) is 0 Å². The van der Waals surface area contributed by atoms with Crippen LogP contribution in [0.1, 0.15) is 13.3 Å². The van der Waals surface area contributed by atoms with Crippen molar-refractivity contribution in [3.05, 3.63) is 52.9 Å². The Labute approximate surface area is 127 Å². The molecule has 0 amide bonds. The summed E-state index contributed by atoms with van der Waals surface area (Å²) in [6.07, 6.45) is 2.46. The maximum atomic E-state index is 12.6. The molecule has 5 nitrogen and oxygen atoms in total. The number of aromatic hydroxyl groups is 1. The zero-order valence-corrected chi connectivity index (χ0v) is 12.3. The average molecular weight is 295 g/mol. The number of rotatable bonds is 3. The number of phenols is 1. The first-order chi connectivity index (χ1) is 10.6. The van der Waals surface area contributed by atoms with Gasteiger partial charge in [-0.25, -0.2) is 4.98 Å². The van der Waals surface area contributed by atoms with Crippen LogP contribution in [0, 0.1) is 0 Å². The predicted octanol–water partition coefficient (Wildman–Crippen LogP) is 2.76. The predicted molar refractivity (Wildman–Crippen MR) is 87.8 cm³/mol. The molecule has 2 aromatic heterocycles. The summed E-state index contributed by atoms with van der Waals surface area (Å²) in [4.78, 5) is 16.9. The minimum Gasteiger partial charge on any atom is -0.507 e. The standard InChI is InChI=1S/C17H17N3O2/c1-2-10-20-16-12(7-5-9-19-16)14(15(18)17(20)22)11-6-3-4-8-13(11)21/h3-9,21H,2,10,18H2,1H3. The molecule has 3 N–H and O–H groups in total. The number of pyridine rings is 2. The van der Waals surface area contributed by atoms with Crippen molar-refractivity contribution in [1.82, 2.24) is 9.55 Å². The molecule has 0 spiro atoms. The number of fused-ring (bicyclic) bond motifs is 1. The lowest BCUT2D eigenvalue weighted by molar-refractivity contribution is 0.477. The number of nitrogens with zero attached hydrogens (tertiary/aromatic N) is 2. The second kappa shape index (κ2) is 5.52. The first-order valence-corrected chi connectivity index (χ1v) is 7.20. The molecule has 0 aliphatic carbocycles. The van der Waals surface area contributed by atoms with Crippen LogP contribution in [0.15, 0.2) is 47.4 Å². The van der Waals surface area contributed by atoms with Crippen LogP contribution >= 0.6 is 0 Å². The quantitative estimate of drug-likeness (QED) is 0.778. The molecular weight excluding hydrogens is 278 g/mol. The van der Waals surface area contributed by atoms with E-state index in [9.17, 15) is 9.90 Å². The van der Waals surface area contributed by atoms with Gasteiger partial charge in [0.15, 0.2) is 0 Å². The smallest absolute Gasteiger partial charge is 0.275 e. The number of anilines is 1. The molecule has 0 fully saturated rings. The van der Waals surface area contributed by atoms with E-state index in [1.165, 1.54) is 0 Å². The number of phenolic OH excluding ortho intramolecular Hbond substituents is 1. The Morgan fingerprint density at radius 2 is 2.00 bits per heavy atom. The molecule has 112 valence electrons. The van der Waals surface area contributed by atoms with Gasteiger partial charge < -0.3 is 10.8 Å². The molecule has 0 aliphatic rings. The van der Waals surface area contributed by atoms with Crippen molar-refractivity contribution in [2.24, 2.45) is 0 Å². The highest BCUT2D eigenvalue weighted by Gasteiger charge is 2.18. The van der Waals surface area contributed by atoms with Crippen molar-refractivity contribution in [2.45, 2.75) is 19.9 Å². The van der Waals surface area contributed by atoms with Crippen LogP contribution in [-0.4, -0.2) is 14.7 Å². The van der Waals surface area contributed by atoms with Crippen molar-refractivity contribution >= 4 is 16.7 Å². The van der Waals surface area contributed by atoms with Crippen molar-refractivity contribution in [2.75, 3.05) is 5.73 Å². The summed E-state index contributed by atoms with van der Waals surface area (Å²) in [7, 11) is 0. The highest BCUT2D eigenvalue weighted by Crippen LogP contribution is 2.36. The summed E-state index contributed by atoms with van der Waals surface area (Å²) >= 11 is 0. The van der Waals surface area contributed by atoms with Crippen LogP contribution in [0.5, 0.6) is 5.75 Å². The monoisotopic (exact) mass is 295 g/mol. The number of para-hydroxylation sites is 1. The van der Waals surface area contributed by atoms with E-state index in [0.29, 0.717) is 23.3 Å². The topological polar surface area (TPSA) is 81.1 Å². The lowest BCUT2D eigenvalue weighted by Crippen LogP contribution is -2.25. The van der Waals surface area contributed by atoms with Gasteiger partial charge in [-0.3, -0.25) is 9.36 Å². The number of nitrogens with two attached hydrogens (primary N) is 1. The van der Waals surface area contributed by atoms with E-state index < -0.39 is 0 Å². The van der Waals surface area contributed by atoms with Crippen LogP contribution in [0.2, 0.25) is 0 Å². The van der Waals surface area contributed by atoms with Gasteiger partial charge in [-0.2, -0.15) is 0 Å². The van der Waals surface area contributed by atoms with E-state index >= 15 is 0 Å². The third kappa shape index (κ3) is 2.11. The molecule has 3 aromatic rings. The molecule has 5 heteroatoms. The number of nitrogen functional groups attached to an aromatic ring is 1. The van der Waals surface area contributed by atoms with E-state index in [4.69, 9.17) is 5.73 Å². The van der Waals surface area contributed by atoms with Crippen molar-refractivity contribution in [1.29, 1.82) is 0 Å². The Balaban J connectivity index is 2.47. The van der Waals surface area contributed by atoms with E-state index in [0.717, 1.165) is 11.8 Å². The van der Waals surface area contributed by atoms with Crippen LogP contribution in [-0.2, 0) is 6.54 Å². The van der Waals surface area contributed by atoms with Gasteiger partial charge in [-0.1, -0.05) is 25.1 Å². The molecule has 0 saturated carbocycles. The van der Waals surface area contributed by atoms with E-state index in [1.54, 1.807) is 41.1 Å². The Bertz CT molecular complexity index is 900. The fraction of sp³-hybridized carbons (Fsp3) is 0.176. The number of hydrogen-bond acceptors (Lipinski definition) is 4. The minimum atomic E-state index is -0.272. The maximum absolute atomic E-state index is 12.6. The molecule has 22 heavy (non-hydrogen) atoms. The molecule has 3 rings (SSSR count). The van der Waals surface area contributed by atoms with Crippen LogP contribution < -0.4 is 11.3 Å². The van der Waals surface area contributed by atoms with Gasteiger partial charge in [0, 0.05) is 29.3 Å². The second-order valence-electron chi connectivity index (χ2n) is 5.14. The summed E-state index contributed by atoms with van der Waals surface area (Å²) in [6, 6.07) is 10.5. The molecular formula is C17H17N3O2. The minimum absolute atomic E-state index is 0.0898. The fourth-order valence-corrected chi connectivity index (χ4v) is 2.71. The Hall–Kier alpha value is -2.82. The molecule has 0 saturated heterocycles. The molecule has 0 bridgehead atoms. The third-order valence-electron chi connectivity index (χ3n) is 3.68. The average Bonchev–Trinajstić information content (AvgIpc) is 2.53. The zero-order valence-electron chi connectivity index (χ0n) is 12.3. The summed E-state index contributed by atoms with van der Waals surface area (Å²) < 4.78 is 1.59. The number of hydrogen-bond donors (Lipinski definition) is 2. The van der Waals surface area contributed by atoms with Crippen molar-refractivity contribution < 1.29 is 5.11 Å². The van der Waals surface area contributed by atoms with E-state index in [2.05, 4.69) is 4.98 Å². The molecule has 2 heterocycles. The fourth-order valence-electron chi connectivity index (χ4n) is 2.71. The first kappa shape index (κ1) is 14.1. The van der Waals surface area contributed by atoms with Gasteiger partial charge >= 0.3 is 0 Å². The van der Waals surface area contributed by atoms with E-state index in [-0.39, 0.29) is 17.0 Å². The number of aromatic nitrogens is 2. The Morgan fingerprint density at radius 3 is 2.73 bits per heavy atom. The van der Waals surface area contributed by atoms with Crippen molar-refractivity contribution in [3.8, 4) is 16.9 Å². The molecule has 0 unspecified atom stereocenters. The third-order valence-corrected chi connectivity index (χ3v) is 3.68. The van der Waals surface area contributed by atoms with Crippen LogP contribution in [0.25, 0.3) is 22.2 Å². The first-order valence-electron chi connectivity index (χ1n) is 7.20. The summed E-state index contributed by atoms with van der Waals surface area (Å²) in [5, 5.41) is 10.9. The van der Waals surface area contributed by atoms with Crippen LogP contribution in [0.4, 0.5) is 5.69 Å². The van der Waals surface area contributed by atoms with Gasteiger partial charge in [0.1, 0.15) is 17.1 Å². The summed E-state index contributed by atoms with van der Waals surface area (Å²) in [6.45, 7) is 2.55. The molecule has 0 radical (unpaired) electrons. The normalized spacial score (nSPS) is 11.0.